The van der Waals surface area contributed by atoms with Gasteiger partial charge >= 0.3 is 5.97 Å². The number of aromatic carboxylic acids is 1. The molecule has 0 radical (unpaired) electrons. The van der Waals surface area contributed by atoms with Crippen molar-refractivity contribution in [3.63, 3.8) is 0 Å². The van der Waals surface area contributed by atoms with Crippen LogP contribution in [0, 0.1) is 0 Å². The number of carboxylic acids is 1. The molecule has 6 heteroatoms. The van der Waals surface area contributed by atoms with Crippen LogP contribution in [0.5, 0.6) is 0 Å². The summed E-state index contributed by atoms with van der Waals surface area (Å²) in [5.74, 6) is -1.19. The van der Waals surface area contributed by atoms with E-state index in [1.54, 1.807) is 37.3 Å². The Hall–Kier alpha value is -2.18. The Labute approximate surface area is 132 Å². The summed E-state index contributed by atoms with van der Waals surface area (Å²) in [6.07, 6.45) is 1.86. The van der Waals surface area contributed by atoms with E-state index in [9.17, 15) is 9.59 Å². The monoisotopic (exact) mass is 319 g/mol. The van der Waals surface area contributed by atoms with Gasteiger partial charge in [-0.25, -0.2) is 4.79 Å². The van der Waals surface area contributed by atoms with Gasteiger partial charge < -0.3 is 15.2 Å². The third-order valence-corrected chi connectivity index (χ3v) is 4.16. The molecule has 1 unspecified atom stereocenters. The van der Waals surface area contributed by atoms with E-state index in [-0.39, 0.29) is 10.8 Å². The minimum absolute atomic E-state index is 0.239. The fourth-order valence-corrected chi connectivity index (χ4v) is 2.76. The number of fused-ring (bicyclic) bond motifs is 1. The first-order valence-corrected chi connectivity index (χ1v) is 7.63. The van der Waals surface area contributed by atoms with E-state index in [0.717, 1.165) is 10.1 Å². The van der Waals surface area contributed by atoms with Crippen LogP contribution in [0.25, 0.3) is 10.1 Å². The summed E-state index contributed by atoms with van der Waals surface area (Å²) in [5.41, 5.74) is 0.617. The average molecular weight is 319 g/mol. The quantitative estimate of drug-likeness (QED) is 0.605. The second-order valence-electron chi connectivity index (χ2n) is 4.75. The summed E-state index contributed by atoms with van der Waals surface area (Å²) in [6.45, 7) is 5.72. The zero-order valence-electron chi connectivity index (χ0n) is 12.2. The van der Waals surface area contributed by atoms with Gasteiger partial charge in [0.15, 0.2) is 0 Å². The zero-order chi connectivity index (χ0) is 16.1. The van der Waals surface area contributed by atoms with Gasteiger partial charge in [-0.1, -0.05) is 6.08 Å². The van der Waals surface area contributed by atoms with Crippen molar-refractivity contribution in [1.29, 1.82) is 0 Å². The van der Waals surface area contributed by atoms with Crippen molar-refractivity contribution in [3.05, 3.63) is 41.8 Å². The minimum atomic E-state index is -0.948. The molecule has 1 heterocycles. The number of carboxylic acid groups (broad SMARTS) is 1. The second-order valence-corrected chi connectivity index (χ2v) is 5.83. The third kappa shape index (κ3) is 3.93. The molecule has 0 spiro atoms. The highest BCUT2D eigenvalue weighted by Gasteiger charge is 2.14. The molecule has 1 atom stereocenters. The number of thiophene rings is 1. The number of ether oxygens (including phenoxy) is 1. The molecular weight excluding hydrogens is 302 g/mol. The van der Waals surface area contributed by atoms with Crippen LogP contribution < -0.4 is 5.32 Å². The molecule has 0 aliphatic rings. The average Bonchev–Trinajstić information content (AvgIpc) is 2.90. The molecule has 0 aliphatic carbocycles. The van der Waals surface area contributed by atoms with Crippen LogP contribution >= 0.6 is 11.3 Å². The number of carbonyl (C=O) groups is 2. The fraction of sp³-hybridized carbons (Fsp3) is 0.250. The predicted molar refractivity (Wildman–Crippen MR) is 87.6 cm³/mol. The van der Waals surface area contributed by atoms with Gasteiger partial charge in [0.05, 0.1) is 6.61 Å². The molecule has 2 aromatic rings. The molecule has 116 valence electrons. The van der Waals surface area contributed by atoms with Gasteiger partial charge in [-0.15, -0.1) is 17.9 Å². The van der Waals surface area contributed by atoms with Gasteiger partial charge in [0, 0.05) is 10.4 Å². The first-order chi connectivity index (χ1) is 10.5. The molecule has 2 N–H and O–H groups in total. The number of hydrogen-bond donors (Lipinski definition) is 2. The van der Waals surface area contributed by atoms with Crippen molar-refractivity contribution in [2.24, 2.45) is 0 Å². The lowest BCUT2D eigenvalue weighted by molar-refractivity contribution is -0.126. The van der Waals surface area contributed by atoms with Crippen LogP contribution in [0.15, 0.2) is 36.9 Å². The van der Waals surface area contributed by atoms with Crippen LogP contribution in [0.2, 0.25) is 0 Å². The number of carbonyl (C=O) groups excluding carboxylic acids is 1. The maximum absolute atomic E-state index is 12.0. The van der Waals surface area contributed by atoms with Crippen LogP contribution in [-0.4, -0.2) is 29.7 Å². The van der Waals surface area contributed by atoms with Gasteiger partial charge in [-0.05, 0) is 43.0 Å². The molecule has 0 saturated carbocycles. The molecule has 5 nitrogen and oxygen atoms in total. The largest absolute Gasteiger partial charge is 0.477 e. The summed E-state index contributed by atoms with van der Waals surface area (Å²) in [4.78, 5) is 23.2. The fourth-order valence-electron chi connectivity index (χ4n) is 1.87. The van der Waals surface area contributed by atoms with Gasteiger partial charge in [0.25, 0.3) is 5.91 Å². The lowest BCUT2D eigenvalue weighted by Gasteiger charge is -2.12. The Morgan fingerprint density at radius 3 is 2.91 bits per heavy atom. The lowest BCUT2D eigenvalue weighted by atomic mass is 10.2. The van der Waals surface area contributed by atoms with Crippen LogP contribution in [0.3, 0.4) is 0 Å². The van der Waals surface area contributed by atoms with Crippen molar-refractivity contribution in [3.8, 4) is 0 Å². The number of benzene rings is 1. The minimum Gasteiger partial charge on any atom is -0.477 e. The summed E-state index contributed by atoms with van der Waals surface area (Å²) in [7, 11) is 0. The first-order valence-electron chi connectivity index (χ1n) is 6.81. The van der Waals surface area contributed by atoms with Gasteiger partial charge in [0.1, 0.15) is 11.0 Å². The highest BCUT2D eigenvalue weighted by molar-refractivity contribution is 7.20. The molecule has 0 aliphatic heterocycles. The highest BCUT2D eigenvalue weighted by atomic mass is 32.1. The summed E-state index contributed by atoms with van der Waals surface area (Å²) in [6, 6.07) is 6.90. The maximum Gasteiger partial charge on any atom is 0.345 e. The van der Waals surface area contributed by atoms with Crippen molar-refractivity contribution < 1.29 is 19.4 Å². The first kappa shape index (κ1) is 16.2. The second kappa shape index (κ2) is 7.20. The highest BCUT2D eigenvalue weighted by Crippen LogP contribution is 2.28. The third-order valence-electron chi connectivity index (χ3n) is 3.05. The van der Waals surface area contributed by atoms with E-state index in [1.165, 1.54) is 11.3 Å². The van der Waals surface area contributed by atoms with Crippen molar-refractivity contribution in [2.75, 3.05) is 11.9 Å². The maximum atomic E-state index is 12.0. The SMILES string of the molecule is C=CCCOC(C)C(=O)Nc1ccc2sc(C(=O)O)cc2c1. The van der Waals surface area contributed by atoms with Gasteiger partial charge in [-0.2, -0.15) is 0 Å². The van der Waals surface area contributed by atoms with Crippen LogP contribution in [-0.2, 0) is 9.53 Å². The number of nitrogens with one attached hydrogen (secondary N) is 1. The van der Waals surface area contributed by atoms with Crippen LogP contribution in [0.1, 0.15) is 23.0 Å². The van der Waals surface area contributed by atoms with E-state index in [2.05, 4.69) is 11.9 Å². The molecule has 0 saturated heterocycles. The lowest BCUT2D eigenvalue weighted by Crippen LogP contribution is -2.27. The molecule has 0 fully saturated rings. The molecule has 1 amide bonds. The Bertz CT molecular complexity index is 707. The molecule has 2 rings (SSSR count). The van der Waals surface area contributed by atoms with Crippen molar-refractivity contribution >= 4 is 39.0 Å². The Morgan fingerprint density at radius 2 is 2.23 bits per heavy atom. The van der Waals surface area contributed by atoms with Crippen molar-refractivity contribution in [2.45, 2.75) is 19.4 Å². The molecule has 1 aromatic carbocycles. The number of amides is 1. The topological polar surface area (TPSA) is 75.6 Å². The number of anilines is 1. The van der Waals surface area contributed by atoms with E-state index in [1.807, 2.05) is 0 Å². The summed E-state index contributed by atoms with van der Waals surface area (Å²) in [5, 5.41) is 12.6. The van der Waals surface area contributed by atoms with E-state index in [0.29, 0.717) is 18.7 Å². The van der Waals surface area contributed by atoms with Gasteiger partial charge in [0.2, 0.25) is 0 Å². The molecule has 22 heavy (non-hydrogen) atoms. The van der Waals surface area contributed by atoms with Crippen LogP contribution in [0.4, 0.5) is 5.69 Å². The number of rotatable bonds is 7. The summed E-state index contributed by atoms with van der Waals surface area (Å²) >= 11 is 1.21. The Balaban J connectivity index is 2.06. The smallest absolute Gasteiger partial charge is 0.345 e. The number of hydrogen-bond acceptors (Lipinski definition) is 4. The molecule has 0 bridgehead atoms. The predicted octanol–water partition coefficient (Wildman–Crippen LogP) is 3.52. The van der Waals surface area contributed by atoms with E-state index in [4.69, 9.17) is 9.84 Å². The summed E-state index contributed by atoms with van der Waals surface area (Å²) < 4.78 is 6.25. The van der Waals surface area contributed by atoms with E-state index < -0.39 is 12.1 Å². The zero-order valence-corrected chi connectivity index (χ0v) is 13.0. The van der Waals surface area contributed by atoms with Crippen molar-refractivity contribution in [1.82, 2.24) is 0 Å². The molecule has 1 aromatic heterocycles. The molecular formula is C16H17NO4S. The normalized spacial score (nSPS) is 12.0. The van der Waals surface area contributed by atoms with E-state index >= 15 is 0 Å². The Kier molecular flexibility index (Phi) is 5.30. The Morgan fingerprint density at radius 1 is 1.45 bits per heavy atom. The van der Waals surface area contributed by atoms with Gasteiger partial charge in [-0.3, -0.25) is 4.79 Å². The standard InChI is InChI=1S/C16H17NO4S/c1-3-4-7-21-10(2)15(18)17-12-5-6-13-11(8-12)9-14(22-13)16(19)20/h3,5-6,8-10H,1,4,7H2,2H3,(H,17,18)(H,19,20).